The van der Waals surface area contributed by atoms with Crippen molar-refractivity contribution >= 4 is 19.0 Å². The van der Waals surface area contributed by atoms with Gasteiger partial charge in [-0.1, -0.05) is 19.0 Å². The number of ether oxygens (including phenoxy) is 1. The van der Waals surface area contributed by atoms with Gasteiger partial charge in [0.2, 0.25) is 0 Å². The first-order chi connectivity index (χ1) is 6.86. The summed E-state index contributed by atoms with van der Waals surface area (Å²) in [6, 6.07) is 0. The van der Waals surface area contributed by atoms with Gasteiger partial charge in [0.05, 0.1) is 0 Å². The zero-order chi connectivity index (χ0) is 12.1. The summed E-state index contributed by atoms with van der Waals surface area (Å²) in [6.07, 6.45) is 0.588. The topological polar surface area (TPSA) is 116 Å². The quantitative estimate of drug-likeness (QED) is 0.213. The maximum atomic E-state index is 11.1. The molecule has 0 unspecified atom stereocenters. The molecule has 0 rings (SSSR count). The predicted octanol–water partition coefficient (Wildman–Crippen LogP) is 0.684. The second kappa shape index (κ2) is 5.85. The van der Waals surface area contributed by atoms with Crippen molar-refractivity contribution in [3.05, 3.63) is 0 Å². The number of oxime groups is 1. The summed E-state index contributed by atoms with van der Waals surface area (Å²) < 4.78 is 15.4. The fourth-order valence-electron chi connectivity index (χ4n) is 0.877. The molecule has 0 fully saturated rings. The smallest absolute Gasteiger partial charge is 0.385 e. The van der Waals surface area contributed by atoms with Crippen LogP contribution in [0.4, 0.5) is 0 Å². The molecule has 0 saturated carbocycles. The first-order valence-electron chi connectivity index (χ1n) is 4.35. The highest BCUT2D eigenvalue weighted by Gasteiger charge is 2.33. The summed E-state index contributed by atoms with van der Waals surface area (Å²) >= 11 is 0. The van der Waals surface area contributed by atoms with Crippen LogP contribution in [0.5, 0.6) is 0 Å². The summed E-state index contributed by atoms with van der Waals surface area (Å²) in [5.74, 6) is -1.29. The van der Waals surface area contributed by atoms with Crippen molar-refractivity contribution in [1.29, 1.82) is 0 Å². The number of nitrogens with zero attached hydrogens (tertiary/aromatic N) is 1. The van der Waals surface area contributed by atoms with Crippen LogP contribution < -0.4 is 0 Å². The maximum Gasteiger partial charge on any atom is 0.385 e. The van der Waals surface area contributed by atoms with Gasteiger partial charge in [0.15, 0.2) is 0 Å². The molecule has 0 bridgehead atoms. The van der Waals surface area contributed by atoms with Crippen LogP contribution in [0.25, 0.3) is 0 Å². The van der Waals surface area contributed by atoms with E-state index < -0.39 is 25.1 Å². The normalized spacial score (nSPS) is 13.0. The second-order valence-electron chi connectivity index (χ2n) is 2.81. The minimum atomic E-state index is -4.88. The highest BCUT2D eigenvalue weighted by atomic mass is 31.2. The van der Waals surface area contributed by atoms with Crippen LogP contribution in [0.15, 0.2) is 5.16 Å². The van der Waals surface area contributed by atoms with E-state index >= 15 is 0 Å². The van der Waals surface area contributed by atoms with E-state index in [4.69, 9.17) is 19.7 Å². The predicted molar refractivity (Wildman–Crippen MR) is 51.7 cm³/mol. The largest absolute Gasteiger partial charge is 0.457 e. The zero-order valence-corrected chi connectivity index (χ0v) is 9.35. The average molecular weight is 239 g/mol. The SMILES string of the molecule is CCC(CC)OC(=O)C(=NO)P(=O)(O)O. The Morgan fingerprint density at radius 3 is 2.13 bits per heavy atom. The van der Waals surface area contributed by atoms with Gasteiger partial charge in [-0.2, -0.15) is 0 Å². The van der Waals surface area contributed by atoms with Crippen molar-refractivity contribution in [2.24, 2.45) is 5.16 Å². The summed E-state index contributed by atoms with van der Waals surface area (Å²) in [5, 5.41) is 10.5. The molecule has 15 heavy (non-hydrogen) atoms. The molecule has 3 N–H and O–H groups in total. The molecule has 0 saturated heterocycles. The summed E-state index contributed by atoms with van der Waals surface area (Å²) in [4.78, 5) is 28.4. The minimum Gasteiger partial charge on any atom is -0.457 e. The van der Waals surface area contributed by atoms with E-state index in [2.05, 4.69) is 5.16 Å². The number of hydrogen-bond donors (Lipinski definition) is 3. The Morgan fingerprint density at radius 1 is 1.40 bits per heavy atom. The molecule has 7 nitrogen and oxygen atoms in total. The molecule has 0 atom stereocenters. The van der Waals surface area contributed by atoms with E-state index in [0.29, 0.717) is 12.8 Å². The van der Waals surface area contributed by atoms with Crippen molar-refractivity contribution in [2.45, 2.75) is 32.8 Å². The van der Waals surface area contributed by atoms with Gasteiger partial charge < -0.3 is 19.7 Å². The molecule has 0 aliphatic rings. The molecule has 8 heteroatoms. The molecule has 0 radical (unpaired) electrons. The molecule has 88 valence electrons. The number of esters is 1. The van der Waals surface area contributed by atoms with Crippen molar-refractivity contribution in [2.75, 3.05) is 0 Å². The monoisotopic (exact) mass is 239 g/mol. The average Bonchev–Trinajstić information content (AvgIpc) is 2.12. The van der Waals surface area contributed by atoms with Crippen molar-refractivity contribution < 1.29 is 29.1 Å². The number of carbonyl (C=O) groups excluding carboxylic acids is 1. The summed E-state index contributed by atoms with van der Waals surface area (Å²) in [5.41, 5.74) is -1.27. The molecule has 0 amide bonds. The Balaban J connectivity index is 4.64. The fraction of sp³-hybridized carbons (Fsp3) is 0.714. The number of hydrogen-bond acceptors (Lipinski definition) is 5. The lowest BCUT2D eigenvalue weighted by Gasteiger charge is -2.14. The first-order valence-corrected chi connectivity index (χ1v) is 5.97. The van der Waals surface area contributed by atoms with Gasteiger partial charge in [0, 0.05) is 0 Å². The lowest BCUT2D eigenvalue weighted by molar-refractivity contribution is -0.140. The Labute approximate surface area is 86.9 Å². The molecule has 0 aromatic rings. The van der Waals surface area contributed by atoms with Crippen molar-refractivity contribution in [1.82, 2.24) is 0 Å². The minimum absolute atomic E-state index is 0.444. The molecular weight excluding hydrogens is 225 g/mol. The van der Waals surface area contributed by atoms with E-state index in [9.17, 15) is 9.36 Å². The van der Waals surface area contributed by atoms with Crippen LogP contribution in [0, 0.1) is 0 Å². The Bertz CT molecular complexity index is 292. The van der Waals surface area contributed by atoms with Crippen LogP contribution in [0.3, 0.4) is 0 Å². The molecule has 0 spiro atoms. The standard InChI is InChI=1S/C7H14NO6P/c1-3-5(4-2)14-7(9)6(8-10)15(11,12)13/h5,10H,3-4H2,1-2H3,(H2,11,12,13). The molecular formula is C7H14NO6P. The van der Waals surface area contributed by atoms with E-state index in [0.717, 1.165) is 0 Å². The van der Waals surface area contributed by atoms with E-state index in [1.54, 1.807) is 13.8 Å². The number of carbonyl (C=O) groups is 1. The van der Waals surface area contributed by atoms with Crippen LogP contribution in [-0.4, -0.2) is 32.5 Å². The van der Waals surface area contributed by atoms with Gasteiger partial charge in [0.1, 0.15) is 6.10 Å². The molecule has 0 heterocycles. The van der Waals surface area contributed by atoms with Gasteiger partial charge in [0.25, 0.3) is 5.45 Å². The maximum absolute atomic E-state index is 11.1. The fourth-order valence-corrected chi connectivity index (χ4v) is 1.28. The third kappa shape index (κ3) is 4.42. The first kappa shape index (κ1) is 14.1. The Morgan fingerprint density at radius 2 is 1.87 bits per heavy atom. The summed E-state index contributed by atoms with van der Waals surface area (Å²) in [7, 11) is -4.88. The van der Waals surface area contributed by atoms with Gasteiger partial charge >= 0.3 is 13.6 Å². The van der Waals surface area contributed by atoms with Crippen molar-refractivity contribution in [3.8, 4) is 0 Å². The molecule has 0 aromatic carbocycles. The van der Waals surface area contributed by atoms with Crippen LogP contribution >= 0.6 is 7.60 Å². The Hall–Kier alpha value is -0.910. The molecule has 0 aliphatic carbocycles. The highest BCUT2D eigenvalue weighted by molar-refractivity contribution is 7.73. The molecule has 0 aliphatic heterocycles. The molecule has 0 aromatic heterocycles. The van der Waals surface area contributed by atoms with E-state index in [1.807, 2.05) is 0 Å². The van der Waals surface area contributed by atoms with Crippen LogP contribution in [-0.2, 0) is 14.1 Å². The number of rotatable bonds is 5. The van der Waals surface area contributed by atoms with Crippen LogP contribution in [0.2, 0.25) is 0 Å². The Kier molecular flexibility index (Phi) is 5.49. The van der Waals surface area contributed by atoms with Gasteiger partial charge in [-0.25, -0.2) is 4.79 Å². The lowest BCUT2D eigenvalue weighted by Crippen LogP contribution is -2.23. The summed E-state index contributed by atoms with van der Waals surface area (Å²) in [6.45, 7) is 3.52. The third-order valence-corrected chi connectivity index (χ3v) is 2.56. The van der Waals surface area contributed by atoms with Gasteiger partial charge in [-0.3, -0.25) is 4.57 Å². The van der Waals surface area contributed by atoms with Gasteiger partial charge in [-0.05, 0) is 12.8 Å². The second-order valence-corrected chi connectivity index (χ2v) is 4.32. The van der Waals surface area contributed by atoms with Gasteiger partial charge in [-0.15, -0.1) is 0 Å². The third-order valence-electron chi connectivity index (χ3n) is 1.74. The lowest BCUT2D eigenvalue weighted by atomic mass is 10.2. The van der Waals surface area contributed by atoms with Crippen LogP contribution in [0.1, 0.15) is 26.7 Å². The van der Waals surface area contributed by atoms with E-state index in [-0.39, 0.29) is 0 Å². The van der Waals surface area contributed by atoms with E-state index in [1.165, 1.54) is 0 Å². The van der Waals surface area contributed by atoms with Crippen molar-refractivity contribution in [3.63, 3.8) is 0 Å². The zero-order valence-electron chi connectivity index (χ0n) is 8.45. The highest BCUT2D eigenvalue weighted by Crippen LogP contribution is 2.37.